The Hall–Kier alpha value is -2.86. The number of piperazine rings is 1. The molecule has 0 saturated carbocycles. The lowest BCUT2D eigenvalue weighted by molar-refractivity contribution is -0.149. The number of anilines is 1. The second-order valence-corrected chi connectivity index (χ2v) is 8.12. The van der Waals surface area contributed by atoms with Gasteiger partial charge < -0.3 is 24.2 Å². The summed E-state index contributed by atoms with van der Waals surface area (Å²) >= 11 is 0. The van der Waals surface area contributed by atoms with Crippen LogP contribution in [-0.4, -0.2) is 84.4 Å². The predicted molar refractivity (Wildman–Crippen MR) is 105 cm³/mol. The second kappa shape index (κ2) is 8.66. The first-order valence-corrected chi connectivity index (χ1v) is 9.76. The van der Waals surface area contributed by atoms with Crippen molar-refractivity contribution in [3.05, 3.63) is 23.9 Å². The van der Waals surface area contributed by atoms with Gasteiger partial charge in [0.05, 0.1) is 18.7 Å². The number of hydrogen-bond donors (Lipinski definition) is 0. The zero-order valence-electron chi connectivity index (χ0n) is 17.1. The average Bonchev–Trinajstić information content (AvgIpc) is 2.72. The van der Waals surface area contributed by atoms with Crippen LogP contribution in [-0.2, 0) is 14.3 Å². The summed E-state index contributed by atoms with van der Waals surface area (Å²) in [5, 5.41) is 8.87. The minimum absolute atomic E-state index is 0.106. The molecule has 156 valence electrons. The molecule has 0 bridgehead atoms. The molecule has 0 aromatic carbocycles. The maximum Gasteiger partial charge on any atom is 0.410 e. The van der Waals surface area contributed by atoms with Crippen LogP contribution in [0.1, 0.15) is 26.3 Å². The Balaban J connectivity index is 1.53. The van der Waals surface area contributed by atoms with Gasteiger partial charge in [-0.3, -0.25) is 4.79 Å². The van der Waals surface area contributed by atoms with Crippen LogP contribution in [0.3, 0.4) is 0 Å². The number of morpholine rings is 1. The van der Waals surface area contributed by atoms with Gasteiger partial charge in [0, 0.05) is 38.9 Å². The van der Waals surface area contributed by atoms with Gasteiger partial charge in [-0.15, -0.1) is 0 Å². The van der Waals surface area contributed by atoms with Crippen LogP contribution in [0.4, 0.5) is 10.6 Å². The maximum atomic E-state index is 12.9. The van der Waals surface area contributed by atoms with Crippen LogP contribution in [0.15, 0.2) is 18.3 Å². The fraction of sp³-hybridized carbons (Fsp3) is 0.600. The molecule has 2 aliphatic rings. The van der Waals surface area contributed by atoms with E-state index in [-0.39, 0.29) is 12.5 Å². The number of amides is 2. The van der Waals surface area contributed by atoms with Crippen molar-refractivity contribution < 1.29 is 19.1 Å². The largest absolute Gasteiger partial charge is 0.444 e. The molecule has 29 heavy (non-hydrogen) atoms. The van der Waals surface area contributed by atoms with E-state index in [0.29, 0.717) is 44.9 Å². The Labute approximate surface area is 170 Å². The summed E-state index contributed by atoms with van der Waals surface area (Å²) in [4.78, 5) is 34.9. The van der Waals surface area contributed by atoms with Gasteiger partial charge in [0.25, 0.3) is 5.91 Å². The molecular formula is C20H27N5O4. The summed E-state index contributed by atoms with van der Waals surface area (Å²) < 4.78 is 11.0. The second-order valence-electron chi connectivity index (χ2n) is 8.12. The van der Waals surface area contributed by atoms with Crippen LogP contribution >= 0.6 is 0 Å². The van der Waals surface area contributed by atoms with Crippen molar-refractivity contribution >= 4 is 17.8 Å². The molecule has 0 spiro atoms. The van der Waals surface area contributed by atoms with Gasteiger partial charge in [-0.2, -0.15) is 5.26 Å². The third kappa shape index (κ3) is 5.35. The zero-order chi connectivity index (χ0) is 21.0. The molecular weight excluding hydrogens is 374 g/mol. The first-order valence-electron chi connectivity index (χ1n) is 9.76. The Morgan fingerprint density at radius 1 is 1.17 bits per heavy atom. The minimum atomic E-state index is -0.671. The van der Waals surface area contributed by atoms with E-state index < -0.39 is 17.8 Å². The summed E-state index contributed by atoms with van der Waals surface area (Å²) in [5.74, 6) is 0.687. The molecule has 0 N–H and O–H groups in total. The molecule has 3 rings (SSSR count). The van der Waals surface area contributed by atoms with Crippen molar-refractivity contribution in [2.24, 2.45) is 0 Å². The summed E-state index contributed by atoms with van der Waals surface area (Å²) in [6.45, 7) is 8.76. The molecule has 3 heterocycles. The Morgan fingerprint density at radius 2 is 1.90 bits per heavy atom. The fourth-order valence-corrected chi connectivity index (χ4v) is 3.29. The number of rotatable bonds is 2. The van der Waals surface area contributed by atoms with Crippen molar-refractivity contribution in [1.29, 1.82) is 5.26 Å². The lowest BCUT2D eigenvalue weighted by Gasteiger charge is -2.39. The summed E-state index contributed by atoms with van der Waals surface area (Å²) in [6.07, 6.45) is 0.458. The van der Waals surface area contributed by atoms with E-state index in [9.17, 15) is 9.59 Å². The summed E-state index contributed by atoms with van der Waals surface area (Å²) in [5.41, 5.74) is -0.0587. The van der Waals surface area contributed by atoms with Gasteiger partial charge in [-0.1, -0.05) is 0 Å². The number of carbonyl (C=O) groups is 2. The lowest BCUT2D eigenvalue weighted by atomic mass is 10.2. The molecule has 2 fully saturated rings. The van der Waals surface area contributed by atoms with Crippen LogP contribution in [0, 0.1) is 11.3 Å². The molecule has 9 heteroatoms. The highest BCUT2D eigenvalue weighted by molar-refractivity contribution is 5.82. The summed E-state index contributed by atoms with van der Waals surface area (Å²) in [7, 11) is 0. The first kappa shape index (κ1) is 20.9. The van der Waals surface area contributed by atoms with Crippen LogP contribution in [0.2, 0.25) is 0 Å². The van der Waals surface area contributed by atoms with Crippen molar-refractivity contribution in [2.45, 2.75) is 32.5 Å². The van der Waals surface area contributed by atoms with Crippen molar-refractivity contribution in [2.75, 3.05) is 50.8 Å². The van der Waals surface area contributed by atoms with Gasteiger partial charge in [0.15, 0.2) is 6.10 Å². The first-order chi connectivity index (χ1) is 13.8. The van der Waals surface area contributed by atoms with Gasteiger partial charge in [0.2, 0.25) is 0 Å². The molecule has 0 aliphatic carbocycles. The zero-order valence-corrected chi connectivity index (χ0v) is 17.1. The Morgan fingerprint density at radius 3 is 2.48 bits per heavy atom. The van der Waals surface area contributed by atoms with Gasteiger partial charge in [-0.05, 0) is 32.9 Å². The number of nitrogens with zero attached hydrogens (tertiary/aromatic N) is 5. The number of nitriles is 1. The van der Waals surface area contributed by atoms with Gasteiger partial charge in [0.1, 0.15) is 17.5 Å². The average molecular weight is 401 g/mol. The molecule has 1 atom stereocenters. The van der Waals surface area contributed by atoms with E-state index in [4.69, 9.17) is 14.7 Å². The highest BCUT2D eigenvalue weighted by Gasteiger charge is 2.35. The highest BCUT2D eigenvalue weighted by atomic mass is 16.6. The normalized spacial score (nSPS) is 20.2. The fourth-order valence-electron chi connectivity index (χ4n) is 3.29. The molecule has 1 aromatic rings. The van der Waals surface area contributed by atoms with Crippen molar-refractivity contribution in [1.82, 2.24) is 14.8 Å². The van der Waals surface area contributed by atoms with Crippen LogP contribution < -0.4 is 4.90 Å². The monoisotopic (exact) mass is 401 g/mol. The molecule has 2 amide bonds. The number of ether oxygens (including phenoxy) is 2. The topological polar surface area (TPSA) is 99.0 Å². The third-order valence-corrected chi connectivity index (χ3v) is 4.79. The van der Waals surface area contributed by atoms with Crippen LogP contribution in [0.5, 0.6) is 0 Å². The molecule has 0 radical (unpaired) electrons. The van der Waals surface area contributed by atoms with E-state index in [1.54, 1.807) is 17.2 Å². The van der Waals surface area contributed by atoms with E-state index in [0.717, 1.165) is 5.82 Å². The molecule has 0 unspecified atom stereocenters. The van der Waals surface area contributed by atoms with Gasteiger partial charge >= 0.3 is 6.09 Å². The Kier molecular flexibility index (Phi) is 6.23. The lowest BCUT2D eigenvalue weighted by Crippen LogP contribution is -2.57. The highest BCUT2D eigenvalue weighted by Crippen LogP contribution is 2.17. The van der Waals surface area contributed by atoms with E-state index in [2.05, 4.69) is 16.0 Å². The van der Waals surface area contributed by atoms with E-state index in [1.165, 1.54) is 4.90 Å². The maximum absolute atomic E-state index is 12.9. The van der Waals surface area contributed by atoms with Crippen LogP contribution in [0.25, 0.3) is 0 Å². The Bertz CT molecular complexity index is 776. The standard InChI is InChI=1S/C20H27N5O4/c1-20(2,3)29-19(27)25-10-11-28-16(14-25)18(26)24-8-6-23(7-9-24)17-5-4-15(12-21)13-22-17/h4-5,13,16H,6-11,14H2,1-3H3/t16-/m1/s1. The number of pyridine rings is 1. The van der Waals surface area contributed by atoms with Crippen molar-refractivity contribution in [3.63, 3.8) is 0 Å². The minimum Gasteiger partial charge on any atom is -0.444 e. The smallest absolute Gasteiger partial charge is 0.410 e. The van der Waals surface area contributed by atoms with Gasteiger partial charge in [-0.25, -0.2) is 9.78 Å². The molecule has 1 aromatic heterocycles. The molecule has 9 nitrogen and oxygen atoms in total. The van der Waals surface area contributed by atoms with E-state index >= 15 is 0 Å². The quantitative estimate of drug-likeness (QED) is 0.735. The number of hydrogen-bond acceptors (Lipinski definition) is 7. The predicted octanol–water partition coefficient (Wildman–Crippen LogP) is 1.24. The van der Waals surface area contributed by atoms with E-state index in [1.807, 2.05) is 26.8 Å². The third-order valence-electron chi connectivity index (χ3n) is 4.79. The number of aromatic nitrogens is 1. The SMILES string of the molecule is CC(C)(C)OC(=O)N1CCO[C@@H](C(=O)N2CCN(c3ccc(C#N)cn3)CC2)C1. The molecule has 2 aliphatic heterocycles. The summed E-state index contributed by atoms with van der Waals surface area (Å²) in [6, 6.07) is 5.61. The number of carbonyl (C=O) groups excluding carboxylic acids is 2. The van der Waals surface area contributed by atoms with Crippen molar-refractivity contribution in [3.8, 4) is 6.07 Å². The molecule has 2 saturated heterocycles.